The Hall–Kier alpha value is -3.63. The summed E-state index contributed by atoms with van der Waals surface area (Å²) in [6, 6.07) is 12.1. The first-order chi connectivity index (χ1) is 18.7. The van der Waals surface area contributed by atoms with Gasteiger partial charge in [0.05, 0.1) is 27.7 Å². The highest BCUT2D eigenvalue weighted by Crippen LogP contribution is 2.40. The molecule has 0 saturated carbocycles. The van der Waals surface area contributed by atoms with Crippen LogP contribution in [-0.4, -0.2) is 49.2 Å². The van der Waals surface area contributed by atoms with E-state index < -0.39 is 17.8 Å². The number of alkyl halides is 3. The number of rotatable bonds is 6. The van der Waals surface area contributed by atoms with Gasteiger partial charge in [0, 0.05) is 42.8 Å². The SMILES string of the molecule is CCC1C(c2ccc(Cl)c(Cl)c2)C(Oc2ccc(C(F)(F)F)cn2)CN1C(=O)c1ccc(-n2cccn2)nc1. The van der Waals surface area contributed by atoms with Gasteiger partial charge in [0.1, 0.15) is 6.10 Å². The minimum atomic E-state index is -4.51. The number of hydrogen-bond donors (Lipinski definition) is 0. The standard InChI is InChI=1S/C27H22Cl2F3N5O2/c1-2-21-25(16-4-7-19(28)20(29)12-16)22(39-24-9-6-18(14-34-24)27(30,31)32)15-36(21)26(38)17-5-8-23(33-13-17)37-11-3-10-35-37/h3-14,21-22,25H,2,15H2,1H3. The van der Waals surface area contributed by atoms with Crippen molar-refractivity contribution in [1.82, 2.24) is 24.6 Å². The fraction of sp³-hybridized carbons (Fsp3) is 0.259. The van der Waals surface area contributed by atoms with Crippen LogP contribution in [0.15, 0.2) is 73.3 Å². The molecule has 0 N–H and O–H groups in total. The molecule has 5 rings (SSSR count). The van der Waals surface area contributed by atoms with Gasteiger partial charge in [0.2, 0.25) is 5.88 Å². The van der Waals surface area contributed by atoms with Gasteiger partial charge >= 0.3 is 6.18 Å². The molecule has 202 valence electrons. The van der Waals surface area contributed by atoms with E-state index in [1.54, 1.807) is 52.3 Å². The Kier molecular flexibility index (Phi) is 7.51. The Morgan fingerprint density at radius 2 is 1.90 bits per heavy atom. The maximum atomic E-state index is 13.7. The summed E-state index contributed by atoms with van der Waals surface area (Å²) in [6.07, 6.45) is 1.05. The molecule has 0 aliphatic carbocycles. The van der Waals surface area contributed by atoms with Gasteiger partial charge in [-0.25, -0.2) is 14.6 Å². The van der Waals surface area contributed by atoms with Crippen LogP contribution in [-0.2, 0) is 6.18 Å². The van der Waals surface area contributed by atoms with E-state index in [4.69, 9.17) is 27.9 Å². The van der Waals surface area contributed by atoms with Crippen molar-refractivity contribution in [2.75, 3.05) is 6.54 Å². The van der Waals surface area contributed by atoms with Crippen LogP contribution >= 0.6 is 23.2 Å². The molecule has 4 aromatic rings. The molecule has 12 heteroatoms. The predicted octanol–water partition coefficient (Wildman–Crippen LogP) is 6.45. The zero-order chi connectivity index (χ0) is 27.7. The lowest BCUT2D eigenvalue weighted by molar-refractivity contribution is -0.137. The van der Waals surface area contributed by atoms with Crippen molar-refractivity contribution in [2.45, 2.75) is 37.6 Å². The molecule has 1 aliphatic rings. The molecule has 1 amide bonds. The van der Waals surface area contributed by atoms with Crippen molar-refractivity contribution in [2.24, 2.45) is 0 Å². The Morgan fingerprint density at radius 1 is 1.08 bits per heavy atom. The van der Waals surface area contributed by atoms with E-state index in [-0.39, 0.29) is 30.3 Å². The molecule has 39 heavy (non-hydrogen) atoms. The van der Waals surface area contributed by atoms with Gasteiger partial charge in [-0.15, -0.1) is 0 Å². The summed E-state index contributed by atoms with van der Waals surface area (Å²) in [4.78, 5) is 23.6. The van der Waals surface area contributed by atoms with Crippen LogP contribution in [0.1, 0.15) is 40.7 Å². The lowest BCUT2D eigenvalue weighted by Gasteiger charge is -2.28. The lowest BCUT2D eigenvalue weighted by Crippen LogP contribution is -2.37. The van der Waals surface area contributed by atoms with Crippen LogP contribution in [0, 0.1) is 0 Å². The summed E-state index contributed by atoms with van der Waals surface area (Å²) in [7, 11) is 0. The molecule has 4 heterocycles. The second-order valence-electron chi connectivity index (χ2n) is 9.03. The van der Waals surface area contributed by atoms with Gasteiger partial charge in [-0.1, -0.05) is 36.2 Å². The third kappa shape index (κ3) is 5.58. The van der Waals surface area contributed by atoms with Crippen LogP contribution in [0.3, 0.4) is 0 Å². The molecule has 1 aliphatic heterocycles. The van der Waals surface area contributed by atoms with E-state index in [1.165, 1.54) is 12.3 Å². The average Bonchev–Trinajstić information content (AvgIpc) is 3.58. The maximum absolute atomic E-state index is 13.7. The number of benzene rings is 1. The molecule has 3 atom stereocenters. The van der Waals surface area contributed by atoms with Crippen molar-refractivity contribution >= 4 is 29.1 Å². The summed E-state index contributed by atoms with van der Waals surface area (Å²) >= 11 is 12.5. The Morgan fingerprint density at radius 3 is 2.49 bits per heavy atom. The fourth-order valence-electron chi connectivity index (χ4n) is 4.85. The zero-order valence-corrected chi connectivity index (χ0v) is 22.0. The van der Waals surface area contributed by atoms with Crippen molar-refractivity contribution in [3.63, 3.8) is 0 Å². The molecule has 3 aromatic heterocycles. The van der Waals surface area contributed by atoms with E-state index in [1.807, 2.05) is 13.0 Å². The van der Waals surface area contributed by atoms with E-state index in [2.05, 4.69) is 15.1 Å². The van der Waals surface area contributed by atoms with Crippen molar-refractivity contribution in [3.05, 3.63) is 100 Å². The maximum Gasteiger partial charge on any atom is 0.417 e. The third-order valence-electron chi connectivity index (χ3n) is 6.67. The van der Waals surface area contributed by atoms with Crippen molar-refractivity contribution in [3.8, 4) is 11.7 Å². The summed E-state index contributed by atoms with van der Waals surface area (Å²) in [5.41, 5.74) is 0.290. The number of likely N-dealkylation sites (tertiary alicyclic amines) is 1. The predicted molar refractivity (Wildman–Crippen MR) is 139 cm³/mol. The molecule has 0 radical (unpaired) electrons. The topological polar surface area (TPSA) is 73.1 Å². The molecular formula is C27H22Cl2F3N5O2. The number of ether oxygens (including phenoxy) is 1. The van der Waals surface area contributed by atoms with Gasteiger partial charge in [-0.2, -0.15) is 18.3 Å². The van der Waals surface area contributed by atoms with Crippen molar-refractivity contribution in [1.29, 1.82) is 0 Å². The molecule has 1 aromatic carbocycles. The van der Waals surface area contributed by atoms with Crippen LogP contribution < -0.4 is 4.74 Å². The van der Waals surface area contributed by atoms with Crippen LogP contribution in [0.5, 0.6) is 5.88 Å². The average molecular weight is 576 g/mol. The molecular weight excluding hydrogens is 554 g/mol. The van der Waals surface area contributed by atoms with Crippen LogP contribution in [0.2, 0.25) is 10.0 Å². The van der Waals surface area contributed by atoms with Crippen LogP contribution in [0.4, 0.5) is 13.2 Å². The minimum absolute atomic E-state index is 0.0208. The minimum Gasteiger partial charge on any atom is -0.472 e. The Labute approximate surface area is 232 Å². The quantitative estimate of drug-likeness (QED) is 0.264. The zero-order valence-electron chi connectivity index (χ0n) is 20.5. The van der Waals surface area contributed by atoms with Gasteiger partial charge in [-0.3, -0.25) is 4.79 Å². The number of nitrogens with zero attached hydrogens (tertiary/aromatic N) is 5. The monoisotopic (exact) mass is 575 g/mol. The highest BCUT2D eigenvalue weighted by Gasteiger charge is 2.46. The first-order valence-corrected chi connectivity index (χ1v) is 12.8. The lowest BCUT2D eigenvalue weighted by atomic mass is 9.88. The molecule has 1 saturated heterocycles. The summed E-state index contributed by atoms with van der Waals surface area (Å²) < 4.78 is 46.8. The molecule has 7 nitrogen and oxygen atoms in total. The number of carbonyl (C=O) groups is 1. The largest absolute Gasteiger partial charge is 0.472 e. The number of carbonyl (C=O) groups excluding carboxylic acids is 1. The highest BCUT2D eigenvalue weighted by atomic mass is 35.5. The summed E-state index contributed by atoms with van der Waals surface area (Å²) in [6.45, 7) is 2.12. The van der Waals surface area contributed by atoms with E-state index in [0.717, 1.165) is 17.8 Å². The van der Waals surface area contributed by atoms with E-state index in [9.17, 15) is 18.0 Å². The fourth-order valence-corrected chi connectivity index (χ4v) is 5.16. The van der Waals surface area contributed by atoms with Crippen LogP contribution in [0.25, 0.3) is 5.82 Å². The normalized spacial score (nSPS) is 19.3. The second kappa shape index (κ2) is 10.9. The molecule has 0 bridgehead atoms. The molecule has 1 fully saturated rings. The first kappa shape index (κ1) is 27.0. The van der Waals surface area contributed by atoms with Gasteiger partial charge in [-0.05, 0) is 48.4 Å². The van der Waals surface area contributed by atoms with Crippen molar-refractivity contribution < 1.29 is 22.7 Å². The van der Waals surface area contributed by atoms with E-state index in [0.29, 0.717) is 27.8 Å². The van der Waals surface area contributed by atoms with Gasteiger partial charge in [0.15, 0.2) is 5.82 Å². The molecule has 3 unspecified atom stereocenters. The second-order valence-corrected chi connectivity index (χ2v) is 9.84. The third-order valence-corrected chi connectivity index (χ3v) is 7.41. The summed E-state index contributed by atoms with van der Waals surface area (Å²) in [5, 5.41) is 4.87. The van der Waals surface area contributed by atoms with Gasteiger partial charge in [0.25, 0.3) is 5.91 Å². The first-order valence-electron chi connectivity index (χ1n) is 12.1. The number of pyridine rings is 2. The number of hydrogen-bond acceptors (Lipinski definition) is 5. The smallest absolute Gasteiger partial charge is 0.417 e. The summed E-state index contributed by atoms with van der Waals surface area (Å²) in [5.74, 6) is -0.0206. The van der Waals surface area contributed by atoms with Gasteiger partial charge < -0.3 is 9.64 Å². The Balaban J connectivity index is 1.46. The number of halogens is 5. The van der Waals surface area contributed by atoms with E-state index >= 15 is 0 Å². The Bertz CT molecular complexity index is 1450. The molecule has 0 spiro atoms. The highest BCUT2D eigenvalue weighted by molar-refractivity contribution is 6.42. The number of aromatic nitrogens is 4. The number of amides is 1.